The standard InChI is InChI=1S/C17H24ClNO/c1-17(2,3)16(20)15(12-19-10-4-5-11-19)13-6-8-14(18)9-7-13/h6-9,15H,4-5,10-12H2,1-3H3. The fourth-order valence-electron chi connectivity index (χ4n) is 2.78. The van der Waals surface area contributed by atoms with Crippen molar-refractivity contribution >= 4 is 17.4 Å². The van der Waals surface area contributed by atoms with Crippen molar-refractivity contribution in [3.63, 3.8) is 0 Å². The second kappa shape index (κ2) is 6.28. The van der Waals surface area contributed by atoms with Gasteiger partial charge >= 0.3 is 0 Å². The zero-order chi connectivity index (χ0) is 14.8. The molecule has 0 aromatic heterocycles. The molecule has 1 aromatic rings. The van der Waals surface area contributed by atoms with Gasteiger partial charge in [0.25, 0.3) is 0 Å². The minimum absolute atomic E-state index is 0.0506. The lowest BCUT2D eigenvalue weighted by Crippen LogP contribution is -2.35. The predicted octanol–water partition coefficient (Wildman–Crippen LogP) is 4.13. The molecule has 0 radical (unpaired) electrons. The zero-order valence-electron chi connectivity index (χ0n) is 12.7. The van der Waals surface area contributed by atoms with Gasteiger partial charge in [0.15, 0.2) is 0 Å². The molecule has 1 aliphatic heterocycles. The van der Waals surface area contributed by atoms with E-state index in [0.717, 1.165) is 30.2 Å². The van der Waals surface area contributed by atoms with Gasteiger partial charge in [0.2, 0.25) is 0 Å². The normalized spacial score (nSPS) is 18.2. The van der Waals surface area contributed by atoms with Gasteiger partial charge in [-0.2, -0.15) is 0 Å². The Labute approximate surface area is 127 Å². The molecule has 2 nitrogen and oxygen atoms in total. The van der Waals surface area contributed by atoms with Crippen LogP contribution in [0.1, 0.15) is 45.1 Å². The third-order valence-electron chi connectivity index (χ3n) is 3.97. The van der Waals surface area contributed by atoms with Gasteiger partial charge in [0.1, 0.15) is 5.78 Å². The fraction of sp³-hybridized carbons (Fsp3) is 0.588. The Morgan fingerprint density at radius 3 is 2.25 bits per heavy atom. The van der Waals surface area contributed by atoms with Gasteiger partial charge in [-0.05, 0) is 43.6 Å². The molecule has 0 amide bonds. The van der Waals surface area contributed by atoms with Crippen molar-refractivity contribution in [2.75, 3.05) is 19.6 Å². The van der Waals surface area contributed by atoms with Crippen molar-refractivity contribution in [3.05, 3.63) is 34.9 Å². The van der Waals surface area contributed by atoms with Crippen molar-refractivity contribution in [2.24, 2.45) is 5.41 Å². The molecule has 3 heteroatoms. The molecule has 110 valence electrons. The van der Waals surface area contributed by atoms with Crippen molar-refractivity contribution in [3.8, 4) is 0 Å². The number of benzene rings is 1. The van der Waals surface area contributed by atoms with E-state index in [-0.39, 0.29) is 11.3 Å². The number of Topliss-reactive ketones (excluding diaryl/α,β-unsaturated/α-hetero) is 1. The monoisotopic (exact) mass is 293 g/mol. The van der Waals surface area contributed by atoms with E-state index < -0.39 is 0 Å². The van der Waals surface area contributed by atoms with Crippen LogP contribution in [0.5, 0.6) is 0 Å². The summed E-state index contributed by atoms with van der Waals surface area (Å²) in [5.74, 6) is 0.261. The van der Waals surface area contributed by atoms with Crippen molar-refractivity contribution in [1.29, 1.82) is 0 Å². The van der Waals surface area contributed by atoms with E-state index in [0.29, 0.717) is 5.78 Å². The minimum atomic E-state index is -0.315. The highest BCUT2D eigenvalue weighted by Crippen LogP contribution is 2.30. The molecule has 0 spiro atoms. The number of ketones is 1. The maximum Gasteiger partial charge on any atom is 0.146 e. The third-order valence-corrected chi connectivity index (χ3v) is 4.22. The highest BCUT2D eigenvalue weighted by molar-refractivity contribution is 6.30. The smallest absolute Gasteiger partial charge is 0.146 e. The summed E-state index contributed by atoms with van der Waals surface area (Å²) in [6, 6.07) is 7.74. The average Bonchev–Trinajstić information content (AvgIpc) is 2.88. The summed E-state index contributed by atoms with van der Waals surface area (Å²) in [5.41, 5.74) is 0.769. The van der Waals surface area contributed by atoms with E-state index in [2.05, 4.69) is 4.90 Å². The van der Waals surface area contributed by atoms with Crippen LogP contribution < -0.4 is 0 Å². The number of hydrogen-bond donors (Lipinski definition) is 0. The number of halogens is 1. The molecule has 1 atom stereocenters. The summed E-state index contributed by atoms with van der Waals surface area (Å²) in [4.78, 5) is 15.2. The Hall–Kier alpha value is -0.860. The molecule has 1 fully saturated rings. The first-order valence-electron chi connectivity index (χ1n) is 7.40. The average molecular weight is 294 g/mol. The SMILES string of the molecule is CC(C)(C)C(=O)C(CN1CCCC1)c1ccc(Cl)cc1. The van der Waals surface area contributed by atoms with Crippen LogP contribution in [0.2, 0.25) is 5.02 Å². The van der Waals surface area contributed by atoms with Crippen LogP contribution in [-0.2, 0) is 4.79 Å². The maximum atomic E-state index is 12.8. The highest BCUT2D eigenvalue weighted by Gasteiger charge is 2.32. The Morgan fingerprint density at radius 1 is 1.20 bits per heavy atom. The molecule has 0 N–H and O–H groups in total. The van der Waals surface area contributed by atoms with Crippen LogP contribution in [0.4, 0.5) is 0 Å². The molecule has 1 saturated heterocycles. The van der Waals surface area contributed by atoms with Crippen molar-refractivity contribution < 1.29 is 4.79 Å². The molecular formula is C17H24ClNO. The molecule has 1 unspecified atom stereocenters. The van der Waals surface area contributed by atoms with Gasteiger partial charge in [-0.1, -0.05) is 44.5 Å². The van der Waals surface area contributed by atoms with Gasteiger partial charge in [0.05, 0.1) is 5.92 Å². The summed E-state index contributed by atoms with van der Waals surface area (Å²) in [5, 5.41) is 0.719. The second-order valence-electron chi connectivity index (χ2n) is 6.73. The van der Waals surface area contributed by atoms with Crippen LogP contribution in [0.25, 0.3) is 0 Å². The summed E-state index contributed by atoms with van der Waals surface area (Å²) >= 11 is 5.96. The zero-order valence-corrected chi connectivity index (χ0v) is 13.4. The molecule has 1 heterocycles. The van der Waals surface area contributed by atoms with Gasteiger partial charge < -0.3 is 4.90 Å². The summed E-state index contributed by atoms with van der Waals surface area (Å²) in [7, 11) is 0. The van der Waals surface area contributed by atoms with Gasteiger partial charge in [-0.3, -0.25) is 4.79 Å². The summed E-state index contributed by atoms with van der Waals surface area (Å²) in [6.07, 6.45) is 2.49. The number of rotatable bonds is 4. The quantitative estimate of drug-likeness (QED) is 0.832. The fourth-order valence-corrected chi connectivity index (χ4v) is 2.91. The molecule has 1 aliphatic rings. The Morgan fingerprint density at radius 2 is 1.75 bits per heavy atom. The highest BCUT2D eigenvalue weighted by atomic mass is 35.5. The minimum Gasteiger partial charge on any atom is -0.302 e. The van der Waals surface area contributed by atoms with Crippen LogP contribution >= 0.6 is 11.6 Å². The number of carbonyl (C=O) groups is 1. The van der Waals surface area contributed by atoms with Gasteiger partial charge in [-0.15, -0.1) is 0 Å². The largest absolute Gasteiger partial charge is 0.302 e. The summed E-state index contributed by atoms with van der Waals surface area (Å²) in [6.45, 7) is 9.06. The molecule has 1 aromatic carbocycles. The Bertz CT molecular complexity index is 455. The van der Waals surface area contributed by atoms with Gasteiger partial charge in [0, 0.05) is 17.0 Å². The van der Waals surface area contributed by atoms with E-state index in [1.807, 2.05) is 45.0 Å². The maximum absolute atomic E-state index is 12.8. The van der Waals surface area contributed by atoms with E-state index in [4.69, 9.17) is 11.6 Å². The molecule has 2 rings (SSSR count). The predicted molar refractivity (Wildman–Crippen MR) is 84.3 cm³/mol. The van der Waals surface area contributed by atoms with Gasteiger partial charge in [-0.25, -0.2) is 0 Å². The lowest BCUT2D eigenvalue weighted by Gasteiger charge is -2.28. The Balaban J connectivity index is 2.23. The first kappa shape index (κ1) is 15.5. The van der Waals surface area contributed by atoms with Crippen molar-refractivity contribution in [2.45, 2.75) is 39.5 Å². The van der Waals surface area contributed by atoms with Crippen LogP contribution in [0.3, 0.4) is 0 Å². The number of hydrogen-bond acceptors (Lipinski definition) is 2. The van der Waals surface area contributed by atoms with Crippen LogP contribution in [0.15, 0.2) is 24.3 Å². The molecule has 0 saturated carbocycles. The lowest BCUT2D eigenvalue weighted by molar-refractivity contribution is -0.128. The molecular weight excluding hydrogens is 270 g/mol. The molecule has 0 bridgehead atoms. The summed E-state index contributed by atoms with van der Waals surface area (Å²) < 4.78 is 0. The van der Waals surface area contributed by atoms with E-state index in [1.54, 1.807) is 0 Å². The van der Waals surface area contributed by atoms with Crippen LogP contribution in [-0.4, -0.2) is 30.3 Å². The number of carbonyl (C=O) groups excluding carboxylic acids is 1. The van der Waals surface area contributed by atoms with Crippen LogP contribution in [0, 0.1) is 5.41 Å². The first-order chi connectivity index (χ1) is 9.38. The topological polar surface area (TPSA) is 20.3 Å². The second-order valence-corrected chi connectivity index (χ2v) is 7.16. The van der Waals surface area contributed by atoms with Crippen molar-refractivity contribution in [1.82, 2.24) is 4.90 Å². The number of likely N-dealkylation sites (tertiary alicyclic amines) is 1. The number of nitrogens with zero attached hydrogens (tertiary/aromatic N) is 1. The van der Waals surface area contributed by atoms with E-state index in [1.165, 1.54) is 12.8 Å². The third kappa shape index (κ3) is 3.83. The van der Waals surface area contributed by atoms with E-state index in [9.17, 15) is 4.79 Å². The molecule has 0 aliphatic carbocycles. The first-order valence-corrected chi connectivity index (χ1v) is 7.78. The molecule has 20 heavy (non-hydrogen) atoms. The Kier molecular flexibility index (Phi) is 4.87. The lowest BCUT2D eigenvalue weighted by atomic mass is 9.79. The van der Waals surface area contributed by atoms with E-state index >= 15 is 0 Å².